The van der Waals surface area contributed by atoms with E-state index in [2.05, 4.69) is 11.9 Å². The lowest BCUT2D eigenvalue weighted by Gasteiger charge is -1.87. The van der Waals surface area contributed by atoms with Crippen LogP contribution in [0.2, 0.25) is 0 Å². The van der Waals surface area contributed by atoms with Gasteiger partial charge in [0.1, 0.15) is 0 Å². The van der Waals surface area contributed by atoms with Gasteiger partial charge in [-0.2, -0.15) is 0 Å². The van der Waals surface area contributed by atoms with Crippen molar-refractivity contribution in [2.45, 2.75) is 13.5 Å². The molecule has 3 nitrogen and oxygen atoms in total. The summed E-state index contributed by atoms with van der Waals surface area (Å²) in [6.45, 7) is 3.10. The molecule has 9 heavy (non-hydrogen) atoms. The standard InChI is InChI=1S/C5H8N2.ClH.H3N/c1-2-7-4-3-6-5-7;;/h3-5H,2H2,1H3;1H;1H3. The summed E-state index contributed by atoms with van der Waals surface area (Å²) >= 11 is 0. The summed E-state index contributed by atoms with van der Waals surface area (Å²) in [7, 11) is 0. The first-order valence-electron chi connectivity index (χ1n) is 2.39. The van der Waals surface area contributed by atoms with Crippen LogP contribution in [0.4, 0.5) is 0 Å². The lowest BCUT2D eigenvalue weighted by molar-refractivity contribution is 0.761. The third-order valence-electron chi connectivity index (χ3n) is 0.924. The first-order valence-corrected chi connectivity index (χ1v) is 2.39. The zero-order valence-corrected chi connectivity index (χ0v) is 6.27. The molecular formula is C5H12ClN3. The quantitative estimate of drug-likeness (QED) is 0.658. The van der Waals surface area contributed by atoms with Crippen molar-refractivity contribution in [1.29, 1.82) is 0 Å². The molecule has 0 bridgehead atoms. The number of hydrogen-bond acceptors (Lipinski definition) is 2. The Kier molecular flexibility index (Phi) is 7.01. The Morgan fingerprint density at radius 3 is 2.44 bits per heavy atom. The number of aryl methyl sites for hydroxylation is 1. The SMILES string of the molecule is CCn1ccnc1.Cl.N. The summed E-state index contributed by atoms with van der Waals surface area (Å²) < 4.78 is 2.01. The molecule has 0 saturated carbocycles. The van der Waals surface area contributed by atoms with Gasteiger partial charge in [-0.3, -0.25) is 0 Å². The third-order valence-corrected chi connectivity index (χ3v) is 0.924. The Labute approximate surface area is 61.1 Å². The normalized spacial score (nSPS) is 7.22. The van der Waals surface area contributed by atoms with Gasteiger partial charge < -0.3 is 10.7 Å². The number of nitrogens with zero attached hydrogens (tertiary/aromatic N) is 2. The Morgan fingerprint density at radius 1 is 1.56 bits per heavy atom. The Bertz CT molecular complexity index is 127. The minimum Gasteiger partial charge on any atom is -0.344 e. The summed E-state index contributed by atoms with van der Waals surface area (Å²) in [5.74, 6) is 0. The predicted molar refractivity (Wildman–Crippen MR) is 40.2 cm³/mol. The van der Waals surface area contributed by atoms with E-state index in [1.54, 1.807) is 12.5 Å². The third kappa shape index (κ3) is 3.11. The molecule has 1 rings (SSSR count). The van der Waals surface area contributed by atoms with Gasteiger partial charge in [0, 0.05) is 18.9 Å². The highest BCUT2D eigenvalue weighted by molar-refractivity contribution is 5.85. The fraction of sp³-hybridized carbons (Fsp3) is 0.400. The second-order valence-corrected chi connectivity index (χ2v) is 1.39. The lowest BCUT2D eigenvalue weighted by atomic mass is 10.7. The molecule has 0 unspecified atom stereocenters. The second kappa shape index (κ2) is 5.59. The molecular weight excluding hydrogens is 138 g/mol. The minimum atomic E-state index is 0. The zero-order valence-electron chi connectivity index (χ0n) is 5.45. The Morgan fingerprint density at radius 2 is 2.22 bits per heavy atom. The van der Waals surface area contributed by atoms with Crippen LogP contribution in [0.5, 0.6) is 0 Å². The van der Waals surface area contributed by atoms with Gasteiger partial charge in [-0.1, -0.05) is 0 Å². The molecule has 0 saturated heterocycles. The smallest absolute Gasteiger partial charge is 0.0945 e. The molecule has 0 aliphatic carbocycles. The summed E-state index contributed by atoms with van der Waals surface area (Å²) in [4.78, 5) is 3.86. The predicted octanol–water partition coefficient (Wildman–Crippen LogP) is 1.49. The summed E-state index contributed by atoms with van der Waals surface area (Å²) in [5.41, 5.74) is 0. The van der Waals surface area contributed by atoms with Gasteiger partial charge in [0.15, 0.2) is 0 Å². The molecule has 0 aliphatic rings. The van der Waals surface area contributed by atoms with E-state index in [0.717, 1.165) is 6.54 Å². The van der Waals surface area contributed by atoms with Crippen LogP contribution < -0.4 is 6.15 Å². The van der Waals surface area contributed by atoms with Crippen molar-refractivity contribution in [1.82, 2.24) is 15.7 Å². The molecule has 1 aromatic heterocycles. The topological polar surface area (TPSA) is 52.8 Å². The molecule has 1 aromatic rings. The average molecular weight is 150 g/mol. The molecule has 4 heteroatoms. The van der Waals surface area contributed by atoms with Crippen LogP contribution in [0.1, 0.15) is 6.92 Å². The van der Waals surface area contributed by atoms with Crippen LogP contribution >= 0.6 is 12.4 Å². The van der Waals surface area contributed by atoms with Crippen LogP contribution in [0, 0.1) is 0 Å². The molecule has 0 fully saturated rings. The number of rotatable bonds is 1. The van der Waals surface area contributed by atoms with E-state index in [4.69, 9.17) is 0 Å². The lowest BCUT2D eigenvalue weighted by Crippen LogP contribution is -1.85. The zero-order chi connectivity index (χ0) is 5.11. The Balaban J connectivity index is 0. The fourth-order valence-corrected chi connectivity index (χ4v) is 0.474. The highest BCUT2D eigenvalue weighted by atomic mass is 35.5. The number of aromatic nitrogens is 2. The van der Waals surface area contributed by atoms with Crippen molar-refractivity contribution in [3.63, 3.8) is 0 Å². The van der Waals surface area contributed by atoms with Crippen molar-refractivity contribution in [3.05, 3.63) is 18.7 Å². The van der Waals surface area contributed by atoms with Gasteiger partial charge in [-0.25, -0.2) is 4.98 Å². The van der Waals surface area contributed by atoms with Crippen molar-refractivity contribution >= 4 is 12.4 Å². The van der Waals surface area contributed by atoms with Crippen molar-refractivity contribution < 1.29 is 0 Å². The maximum Gasteiger partial charge on any atom is 0.0945 e. The van der Waals surface area contributed by atoms with Gasteiger partial charge in [0.2, 0.25) is 0 Å². The van der Waals surface area contributed by atoms with E-state index >= 15 is 0 Å². The summed E-state index contributed by atoms with van der Waals surface area (Å²) in [6, 6.07) is 0. The summed E-state index contributed by atoms with van der Waals surface area (Å²) in [5, 5.41) is 0. The molecule has 0 aromatic carbocycles. The van der Waals surface area contributed by atoms with E-state index in [9.17, 15) is 0 Å². The van der Waals surface area contributed by atoms with Crippen LogP contribution in [0.3, 0.4) is 0 Å². The van der Waals surface area contributed by atoms with Crippen LogP contribution in [-0.2, 0) is 6.54 Å². The largest absolute Gasteiger partial charge is 0.344 e. The van der Waals surface area contributed by atoms with E-state index in [1.165, 1.54) is 0 Å². The molecule has 1 heterocycles. The van der Waals surface area contributed by atoms with Gasteiger partial charge in [0.25, 0.3) is 0 Å². The highest BCUT2D eigenvalue weighted by Crippen LogP contribution is 1.81. The number of imidazole rings is 1. The molecule has 0 spiro atoms. The van der Waals surface area contributed by atoms with Gasteiger partial charge in [-0.05, 0) is 6.92 Å². The fourth-order valence-electron chi connectivity index (χ4n) is 0.474. The molecule has 0 atom stereocenters. The van der Waals surface area contributed by atoms with Crippen molar-refractivity contribution in [2.75, 3.05) is 0 Å². The van der Waals surface area contributed by atoms with E-state index < -0.39 is 0 Å². The number of hydrogen-bond donors (Lipinski definition) is 1. The van der Waals surface area contributed by atoms with Crippen molar-refractivity contribution in [3.8, 4) is 0 Å². The molecule has 0 radical (unpaired) electrons. The van der Waals surface area contributed by atoms with Gasteiger partial charge >= 0.3 is 0 Å². The van der Waals surface area contributed by atoms with E-state index in [1.807, 2.05) is 10.8 Å². The molecule has 0 aliphatic heterocycles. The maximum absolute atomic E-state index is 3.86. The van der Waals surface area contributed by atoms with E-state index in [-0.39, 0.29) is 18.6 Å². The maximum atomic E-state index is 3.86. The van der Waals surface area contributed by atoms with E-state index in [0.29, 0.717) is 0 Å². The minimum absolute atomic E-state index is 0. The first-order chi connectivity index (χ1) is 3.43. The second-order valence-electron chi connectivity index (χ2n) is 1.39. The monoisotopic (exact) mass is 149 g/mol. The molecule has 0 amide bonds. The van der Waals surface area contributed by atoms with Crippen molar-refractivity contribution in [2.24, 2.45) is 0 Å². The first kappa shape index (κ1) is 11.3. The van der Waals surface area contributed by atoms with Gasteiger partial charge in [0.05, 0.1) is 6.33 Å². The van der Waals surface area contributed by atoms with Crippen LogP contribution in [0.15, 0.2) is 18.7 Å². The van der Waals surface area contributed by atoms with Gasteiger partial charge in [-0.15, -0.1) is 12.4 Å². The average Bonchev–Trinajstić information content (AvgIpc) is 2.14. The van der Waals surface area contributed by atoms with Crippen LogP contribution in [-0.4, -0.2) is 9.55 Å². The summed E-state index contributed by atoms with van der Waals surface area (Å²) in [6.07, 6.45) is 5.53. The highest BCUT2D eigenvalue weighted by Gasteiger charge is 1.77. The number of halogens is 1. The Hall–Kier alpha value is -0.540. The molecule has 54 valence electrons. The van der Waals surface area contributed by atoms with Crippen LogP contribution in [0.25, 0.3) is 0 Å². The molecule has 3 N–H and O–H groups in total.